The van der Waals surface area contributed by atoms with Gasteiger partial charge in [0.15, 0.2) is 11.6 Å². The number of aromatic nitrogens is 5. The number of fused-ring (bicyclic) bond motifs is 15. The molecule has 0 saturated heterocycles. The van der Waals surface area contributed by atoms with Crippen LogP contribution >= 0.6 is 0 Å². The number of rotatable bonds is 6. The van der Waals surface area contributed by atoms with Crippen molar-refractivity contribution in [2.45, 2.75) is 19.3 Å². The smallest absolute Gasteiger partial charge is 0.238 e. The third-order valence-electron chi connectivity index (χ3n) is 16.8. The number of benzene rings is 11. The highest BCUT2D eigenvalue weighted by molar-refractivity contribution is 6.16. The Morgan fingerprint density at radius 1 is 0.316 bits per heavy atom. The Morgan fingerprint density at radius 2 is 0.899 bits per heavy atom. The lowest BCUT2D eigenvalue weighted by atomic mass is 9.82. The maximum atomic E-state index is 6.74. The maximum Gasteiger partial charge on any atom is 0.238 e. The molecular formula is C72H45N5O2. The van der Waals surface area contributed by atoms with Crippen molar-refractivity contribution in [3.05, 3.63) is 248 Å². The summed E-state index contributed by atoms with van der Waals surface area (Å²) in [7, 11) is 0. The van der Waals surface area contributed by atoms with Gasteiger partial charge < -0.3 is 13.4 Å². The van der Waals surface area contributed by atoms with Gasteiger partial charge in [-0.15, -0.1) is 0 Å². The maximum absolute atomic E-state index is 6.74. The van der Waals surface area contributed by atoms with E-state index in [-0.39, 0.29) is 5.41 Å². The fourth-order valence-corrected chi connectivity index (χ4v) is 13.0. The van der Waals surface area contributed by atoms with Gasteiger partial charge in [-0.1, -0.05) is 159 Å². The molecular weight excluding hydrogens is 967 g/mol. The first-order valence-corrected chi connectivity index (χ1v) is 26.9. The van der Waals surface area contributed by atoms with Crippen molar-refractivity contribution in [2.24, 2.45) is 0 Å². The summed E-state index contributed by atoms with van der Waals surface area (Å²) in [5.41, 5.74) is 20.0. The Bertz CT molecular complexity index is 5230. The van der Waals surface area contributed by atoms with Crippen LogP contribution in [0.4, 0.5) is 0 Å². The lowest BCUT2D eigenvalue weighted by Gasteiger charge is -2.21. The minimum atomic E-state index is -0.137. The van der Waals surface area contributed by atoms with Crippen LogP contribution in [0.5, 0.6) is 0 Å². The fraction of sp³-hybridized carbons (Fsp3) is 0.0417. The molecule has 0 saturated carbocycles. The average molecular weight is 1010 g/mol. The van der Waals surface area contributed by atoms with E-state index >= 15 is 0 Å². The van der Waals surface area contributed by atoms with Crippen LogP contribution < -0.4 is 0 Å². The molecule has 0 spiro atoms. The van der Waals surface area contributed by atoms with Crippen molar-refractivity contribution in [2.75, 3.05) is 0 Å². The normalized spacial score (nSPS) is 13.0. The summed E-state index contributed by atoms with van der Waals surface area (Å²) in [4.78, 5) is 16.2. The molecule has 79 heavy (non-hydrogen) atoms. The SMILES string of the molecule is CC1(C)c2ccccc2-c2cc3c(cc21)c1cc(-c2ccc4oc5cccc(-c6nc(-c7ccc8c(c7)oc7ccccc78)nc(-n7c8ccccc8c8cc(-c9ccccc9)ccc87)n6)c5c4c2)ccc1n3-c1ccccc1. The van der Waals surface area contributed by atoms with Crippen LogP contribution in [-0.2, 0) is 5.41 Å². The second-order valence-electron chi connectivity index (χ2n) is 21.5. The number of hydrogen-bond donors (Lipinski definition) is 0. The Kier molecular flexibility index (Phi) is 9.05. The molecule has 0 atom stereocenters. The highest BCUT2D eigenvalue weighted by Crippen LogP contribution is 2.51. The minimum Gasteiger partial charge on any atom is -0.456 e. The Morgan fingerprint density at radius 3 is 1.75 bits per heavy atom. The minimum absolute atomic E-state index is 0.137. The van der Waals surface area contributed by atoms with Crippen molar-refractivity contribution >= 4 is 87.5 Å². The largest absolute Gasteiger partial charge is 0.456 e. The van der Waals surface area contributed by atoms with Gasteiger partial charge >= 0.3 is 0 Å². The molecule has 0 radical (unpaired) electrons. The molecule has 0 aliphatic heterocycles. The molecule has 17 rings (SSSR count). The van der Waals surface area contributed by atoms with Crippen LogP contribution in [0.2, 0.25) is 0 Å². The zero-order valence-corrected chi connectivity index (χ0v) is 43.1. The van der Waals surface area contributed by atoms with E-state index in [1.165, 1.54) is 38.5 Å². The lowest BCUT2D eigenvalue weighted by Crippen LogP contribution is -2.14. The Balaban J connectivity index is 0.867. The molecule has 0 fully saturated rings. The first-order valence-electron chi connectivity index (χ1n) is 26.9. The summed E-state index contributed by atoms with van der Waals surface area (Å²) < 4.78 is 17.8. The van der Waals surface area contributed by atoms with Crippen LogP contribution in [0.3, 0.4) is 0 Å². The van der Waals surface area contributed by atoms with E-state index in [9.17, 15) is 0 Å². The molecule has 7 nitrogen and oxygen atoms in total. The van der Waals surface area contributed by atoms with Crippen LogP contribution in [-0.4, -0.2) is 24.1 Å². The number of para-hydroxylation sites is 3. The van der Waals surface area contributed by atoms with Crippen molar-refractivity contribution in [3.63, 3.8) is 0 Å². The van der Waals surface area contributed by atoms with E-state index in [4.69, 9.17) is 23.8 Å². The van der Waals surface area contributed by atoms with Crippen molar-refractivity contribution in [3.8, 4) is 67.8 Å². The summed E-state index contributed by atoms with van der Waals surface area (Å²) in [5.74, 6) is 1.57. The first-order chi connectivity index (χ1) is 38.9. The van der Waals surface area contributed by atoms with Gasteiger partial charge in [0.2, 0.25) is 5.95 Å². The van der Waals surface area contributed by atoms with Crippen LogP contribution in [0.1, 0.15) is 25.0 Å². The molecule has 1 aliphatic carbocycles. The predicted octanol–water partition coefficient (Wildman–Crippen LogP) is 18.8. The average Bonchev–Trinajstić information content (AvgIpc) is 4.49. The summed E-state index contributed by atoms with van der Waals surface area (Å²) in [6, 6.07) is 84.3. The molecule has 11 aromatic carbocycles. The lowest BCUT2D eigenvalue weighted by molar-refractivity contribution is 0.661. The third kappa shape index (κ3) is 6.44. The van der Waals surface area contributed by atoms with Crippen molar-refractivity contribution in [1.82, 2.24) is 24.1 Å². The standard InChI is InChI=1S/C72H45N5O2/c1-72(2)58-24-12-9-20-48(58)53-41-63-56(40-59(53)72)55-37-44(30-33-61(55)76(63)47-18-7-4-8-19-47)45-31-35-65-57(38-45)68-52(23-15-27-66(68)78-65)70-73-69(46-28-32-51-50-22-11-14-26-64(50)79-67(51)39-46)74-71(75-70)77-60-25-13-10-21-49(60)54-36-43(29-34-62(54)77)42-16-5-3-6-17-42/h3-41H,1-2H3. The first kappa shape index (κ1) is 43.8. The van der Waals surface area contributed by atoms with E-state index < -0.39 is 0 Å². The topological polar surface area (TPSA) is 74.8 Å². The molecule has 0 bridgehead atoms. The van der Waals surface area contributed by atoms with Gasteiger partial charge in [0.1, 0.15) is 22.3 Å². The van der Waals surface area contributed by atoms with Gasteiger partial charge in [0, 0.05) is 65.3 Å². The number of hydrogen-bond acceptors (Lipinski definition) is 5. The van der Waals surface area contributed by atoms with E-state index in [2.05, 4.69) is 229 Å². The van der Waals surface area contributed by atoms with Gasteiger partial charge in [-0.05, 0) is 136 Å². The van der Waals surface area contributed by atoms with E-state index in [1.54, 1.807) is 0 Å². The highest BCUT2D eigenvalue weighted by Gasteiger charge is 2.36. The molecule has 0 N–H and O–H groups in total. The molecule has 0 amide bonds. The quantitative estimate of drug-likeness (QED) is 0.166. The molecule has 370 valence electrons. The van der Waals surface area contributed by atoms with E-state index in [1.807, 2.05) is 30.3 Å². The van der Waals surface area contributed by atoms with Gasteiger partial charge in [0.25, 0.3) is 0 Å². The van der Waals surface area contributed by atoms with E-state index in [0.29, 0.717) is 17.6 Å². The summed E-state index contributed by atoms with van der Waals surface area (Å²) in [5, 5.41) is 8.68. The monoisotopic (exact) mass is 1010 g/mol. The molecule has 16 aromatic rings. The second kappa shape index (κ2) is 16.3. The Labute approximate surface area is 452 Å². The molecule has 1 aliphatic rings. The van der Waals surface area contributed by atoms with Crippen molar-refractivity contribution in [1.29, 1.82) is 0 Å². The van der Waals surface area contributed by atoms with Gasteiger partial charge in [-0.2, -0.15) is 9.97 Å². The predicted molar refractivity (Wildman–Crippen MR) is 322 cm³/mol. The summed E-state index contributed by atoms with van der Waals surface area (Å²) in [6.45, 7) is 4.71. The highest BCUT2D eigenvalue weighted by atomic mass is 16.3. The fourth-order valence-electron chi connectivity index (χ4n) is 13.0. The number of furan rings is 2. The summed E-state index contributed by atoms with van der Waals surface area (Å²) >= 11 is 0. The molecule has 5 heterocycles. The van der Waals surface area contributed by atoms with Crippen LogP contribution in [0.25, 0.3) is 155 Å². The van der Waals surface area contributed by atoms with Crippen molar-refractivity contribution < 1.29 is 8.83 Å². The van der Waals surface area contributed by atoms with Gasteiger partial charge in [-0.3, -0.25) is 4.57 Å². The number of nitrogens with zero attached hydrogens (tertiary/aromatic N) is 5. The molecule has 5 aromatic heterocycles. The summed E-state index contributed by atoms with van der Waals surface area (Å²) in [6.07, 6.45) is 0. The third-order valence-corrected chi connectivity index (χ3v) is 16.8. The zero-order chi connectivity index (χ0) is 52.1. The van der Waals surface area contributed by atoms with Crippen LogP contribution in [0, 0.1) is 0 Å². The molecule has 0 unspecified atom stereocenters. The Hall–Kier alpha value is -10.4. The van der Waals surface area contributed by atoms with Gasteiger partial charge in [0.05, 0.1) is 22.1 Å². The second-order valence-corrected chi connectivity index (χ2v) is 21.5. The van der Waals surface area contributed by atoms with E-state index in [0.717, 1.165) is 110 Å². The zero-order valence-electron chi connectivity index (χ0n) is 43.1. The molecule has 7 heteroatoms. The van der Waals surface area contributed by atoms with Crippen LogP contribution in [0.15, 0.2) is 245 Å². The van der Waals surface area contributed by atoms with Gasteiger partial charge in [-0.25, -0.2) is 4.98 Å².